The molecule has 0 radical (unpaired) electrons. The fourth-order valence-electron chi connectivity index (χ4n) is 1.86. The topological polar surface area (TPSA) is 61.4 Å². The Labute approximate surface area is 115 Å². The molecular weight excluding hydrogens is 270 g/mol. The molecule has 0 bridgehead atoms. The molecule has 1 unspecified atom stereocenters. The van der Waals surface area contributed by atoms with E-state index < -0.39 is 10.2 Å². The molecule has 0 spiro atoms. The molecule has 1 fully saturated rings. The van der Waals surface area contributed by atoms with Crippen molar-refractivity contribution < 1.29 is 8.42 Å². The Bertz CT molecular complexity index is 316. The highest BCUT2D eigenvalue weighted by Crippen LogP contribution is 2.17. The third-order valence-electron chi connectivity index (χ3n) is 2.96. The van der Waals surface area contributed by atoms with Gasteiger partial charge in [-0.05, 0) is 38.1 Å². The summed E-state index contributed by atoms with van der Waals surface area (Å²) in [7, 11) is -1.66. The smallest absolute Gasteiger partial charge is 0.279 e. The third-order valence-corrected chi connectivity index (χ3v) is 5.81. The Kier molecular flexibility index (Phi) is 7.55. The lowest BCUT2D eigenvalue weighted by Crippen LogP contribution is -2.46. The molecule has 1 aliphatic rings. The Morgan fingerprint density at radius 3 is 2.83 bits per heavy atom. The molecule has 18 heavy (non-hydrogen) atoms. The quantitative estimate of drug-likeness (QED) is 0.646. The van der Waals surface area contributed by atoms with E-state index in [0.29, 0.717) is 6.54 Å². The van der Waals surface area contributed by atoms with Crippen LogP contribution in [0.5, 0.6) is 0 Å². The molecule has 1 aliphatic heterocycles. The summed E-state index contributed by atoms with van der Waals surface area (Å²) < 4.78 is 28.3. The van der Waals surface area contributed by atoms with Crippen LogP contribution in [0, 0.1) is 0 Å². The van der Waals surface area contributed by atoms with Crippen LogP contribution in [0.15, 0.2) is 0 Å². The molecule has 2 N–H and O–H groups in total. The lowest BCUT2D eigenvalue weighted by molar-refractivity contribution is 0.435. The fraction of sp³-hybridized carbons (Fsp3) is 1.00. The van der Waals surface area contributed by atoms with E-state index in [9.17, 15) is 8.42 Å². The number of hydrogen-bond acceptors (Lipinski definition) is 4. The predicted octanol–water partition coefficient (Wildman–Crippen LogP) is 0.648. The summed E-state index contributed by atoms with van der Waals surface area (Å²) in [4.78, 5) is 0. The molecule has 0 aromatic rings. The van der Waals surface area contributed by atoms with E-state index in [1.165, 1.54) is 4.31 Å². The van der Waals surface area contributed by atoms with E-state index in [2.05, 4.69) is 10.0 Å². The van der Waals surface area contributed by atoms with Crippen molar-refractivity contribution in [3.05, 3.63) is 0 Å². The van der Waals surface area contributed by atoms with E-state index in [4.69, 9.17) is 0 Å². The van der Waals surface area contributed by atoms with E-state index in [0.717, 1.165) is 43.9 Å². The van der Waals surface area contributed by atoms with E-state index in [1.54, 1.807) is 7.05 Å². The predicted molar refractivity (Wildman–Crippen MR) is 78.2 cm³/mol. The SMILES string of the molecule is CCNCCCN(C)S(=O)(=O)NC1CCCSC1. The lowest BCUT2D eigenvalue weighted by atomic mass is 10.2. The van der Waals surface area contributed by atoms with Gasteiger partial charge in [0, 0.05) is 25.4 Å². The zero-order chi connectivity index (χ0) is 13.4. The molecule has 1 atom stereocenters. The second-order valence-electron chi connectivity index (χ2n) is 4.57. The number of nitrogens with one attached hydrogen (secondary N) is 2. The van der Waals surface area contributed by atoms with E-state index in [1.807, 2.05) is 18.7 Å². The monoisotopic (exact) mass is 295 g/mol. The van der Waals surface area contributed by atoms with Crippen LogP contribution in [0.1, 0.15) is 26.2 Å². The van der Waals surface area contributed by atoms with Gasteiger partial charge in [-0.15, -0.1) is 0 Å². The van der Waals surface area contributed by atoms with Gasteiger partial charge in [0.1, 0.15) is 0 Å². The van der Waals surface area contributed by atoms with Crippen LogP contribution in [-0.4, -0.2) is 57.0 Å². The summed E-state index contributed by atoms with van der Waals surface area (Å²) in [6, 6.07) is 0.102. The van der Waals surface area contributed by atoms with Crippen molar-refractivity contribution in [2.75, 3.05) is 38.2 Å². The Morgan fingerprint density at radius 1 is 1.44 bits per heavy atom. The van der Waals surface area contributed by atoms with Crippen LogP contribution in [0.25, 0.3) is 0 Å². The highest BCUT2D eigenvalue weighted by molar-refractivity contribution is 7.99. The van der Waals surface area contributed by atoms with E-state index >= 15 is 0 Å². The third kappa shape index (κ3) is 5.88. The molecule has 108 valence electrons. The molecule has 1 heterocycles. The second kappa shape index (κ2) is 8.37. The normalized spacial score (nSPS) is 21.4. The van der Waals surface area contributed by atoms with Crippen molar-refractivity contribution in [2.45, 2.75) is 32.2 Å². The number of nitrogens with zero attached hydrogens (tertiary/aromatic N) is 1. The zero-order valence-electron chi connectivity index (χ0n) is 11.3. The molecule has 0 amide bonds. The highest BCUT2D eigenvalue weighted by Gasteiger charge is 2.23. The minimum absolute atomic E-state index is 0.102. The van der Waals surface area contributed by atoms with Crippen molar-refractivity contribution in [2.24, 2.45) is 0 Å². The van der Waals surface area contributed by atoms with Crippen molar-refractivity contribution >= 4 is 22.0 Å². The summed E-state index contributed by atoms with van der Waals surface area (Å²) in [6.07, 6.45) is 2.89. The zero-order valence-corrected chi connectivity index (χ0v) is 12.9. The van der Waals surface area contributed by atoms with Crippen LogP contribution >= 0.6 is 11.8 Å². The van der Waals surface area contributed by atoms with Crippen LogP contribution in [0.4, 0.5) is 0 Å². The summed E-state index contributed by atoms with van der Waals surface area (Å²) in [5, 5.41) is 3.19. The summed E-state index contributed by atoms with van der Waals surface area (Å²) >= 11 is 1.82. The Morgan fingerprint density at radius 2 is 2.22 bits per heavy atom. The van der Waals surface area contributed by atoms with Crippen LogP contribution in [0.2, 0.25) is 0 Å². The number of rotatable bonds is 8. The van der Waals surface area contributed by atoms with Crippen molar-refractivity contribution in [1.82, 2.24) is 14.3 Å². The first-order valence-corrected chi connectivity index (χ1v) is 9.17. The number of thioether (sulfide) groups is 1. The average Bonchev–Trinajstić information content (AvgIpc) is 2.35. The van der Waals surface area contributed by atoms with Gasteiger partial charge in [-0.3, -0.25) is 0 Å². The maximum absolute atomic E-state index is 12.0. The van der Waals surface area contributed by atoms with Crippen LogP contribution in [0.3, 0.4) is 0 Å². The number of hydrogen-bond donors (Lipinski definition) is 2. The largest absolute Gasteiger partial charge is 0.317 e. The first-order valence-electron chi connectivity index (χ1n) is 6.58. The van der Waals surface area contributed by atoms with Crippen LogP contribution in [-0.2, 0) is 10.2 Å². The van der Waals surface area contributed by atoms with Gasteiger partial charge in [0.2, 0.25) is 0 Å². The Hall–Kier alpha value is 0.180. The van der Waals surface area contributed by atoms with Gasteiger partial charge >= 0.3 is 0 Å². The molecule has 5 nitrogen and oxygen atoms in total. The summed E-state index contributed by atoms with van der Waals surface area (Å²) in [6.45, 7) is 4.38. The standard InChI is InChI=1S/C11H25N3O2S2/c1-3-12-7-5-8-14(2)18(15,16)13-11-6-4-9-17-10-11/h11-13H,3-10H2,1-2H3. The molecule has 0 aromatic heterocycles. The summed E-state index contributed by atoms with van der Waals surface area (Å²) in [5.74, 6) is 2.04. The maximum atomic E-state index is 12.0. The molecular formula is C11H25N3O2S2. The van der Waals surface area contributed by atoms with Crippen molar-refractivity contribution in [3.8, 4) is 0 Å². The first-order chi connectivity index (χ1) is 8.56. The van der Waals surface area contributed by atoms with Crippen LogP contribution < -0.4 is 10.0 Å². The Balaban J connectivity index is 2.31. The van der Waals surface area contributed by atoms with Crippen molar-refractivity contribution in [1.29, 1.82) is 0 Å². The molecule has 7 heteroatoms. The van der Waals surface area contributed by atoms with Crippen molar-refractivity contribution in [3.63, 3.8) is 0 Å². The molecule has 0 saturated carbocycles. The average molecular weight is 295 g/mol. The maximum Gasteiger partial charge on any atom is 0.279 e. The van der Waals surface area contributed by atoms with Gasteiger partial charge in [-0.25, -0.2) is 0 Å². The van der Waals surface area contributed by atoms with Gasteiger partial charge in [0.25, 0.3) is 10.2 Å². The molecule has 1 saturated heterocycles. The molecule has 1 rings (SSSR count). The summed E-state index contributed by atoms with van der Waals surface area (Å²) in [5.41, 5.74) is 0. The molecule has 0 aliphatic carbocycles. The van der Waals surface area contributed by atoms with Gasteiger partial charge in [-0.1, -0.05) is 6.92 Å². The van der Waals surface area contributed by atoms with Gasteiger partial charge in [0.05, 0.1) is 0 Å². The van der Waals surface area contributed by atoms with E-state index in [-0.39, 0.29) is 6.04 Å². The first kappa shape index (κ1) is 16.2. The highest BCUT2D eigenvalue weighted by atomic mass is 32.2. The van der Waals surface area contributed by atoms with Gasteiger partial charge < -0.3 is 5.32 Å². The molecule has 0 aromatic carbocycles. The minimum Gasteiger partial charge on any atom is -0.317 e. The minimum atomic E-state index is -3.30. The second-order valence-corrected chi connectivity index (χ2v) is 7.52. The lowest BCUT2D eigenvalue weighted by Gasteiger charge is -2.25. The van der Waals surface area contributed by atoms with Gasteiger partial charge in [0.15, 0.2) is 0 Å². The fourth-order valence-corrected chi connectivity index (χ4v) is 4.21. The van der Waals surface area contributed by atoms with Gasteiger partial charge in [-0.2, -0.15) is 29.2 Å².